The second kappa shape index (κ2) is 15.2. The summed E-state index contributed by atoms with van der Waals surface area (Å²) in [6.45, 7) is 3.49. The molecule has 9 nitrogen and oxygen atoms in total. The molecule has 2 saturated heterocycles. The van der Waals surface area contributed by atoms with Crippen molar-refractivity contribution in [2.45, 2.75) is 37.8 Å². The lowest BCUT2D eigenvalue weighted by molar-refractivity contribution is -0.127. The lowest BCUT2D eigenvalue weighted by atomic mass is 9.83. The zero-order valence-corrected chi connectivity index (χ0v) is 21.7. The van der Waals surface area contributed by atoms with Gasteiger partial charge in [-0.25, -0.2) is 13.6 Å². The summed E-state index contributed by atoms with van der Waals surface area (Å²) in [6.07, 6.45) is 2.21. The Morgan fingerprint density at radius 2 is 2.00 bits per heavy atom. The van der Waals surface area contributed by atoms with Gasteiger partial charge in [0, 0.05) is 57.4 Å². The minimum atomic E-state index is -0.698. The molecular weight excluding hydrogens is 486 g/mol. The molecule has 2 amide bonds. The van der Waals surface area contributed by atoms with E-state index in [1.165, 1.54) is 19.2 Å². The first-order chi connectivity index (χ1) is 17.9. The highest BCUT2D eigenvalue weighted by Gasteiger charge is 2.34. The molecule has 4 N–H and O–H groups in total. The number of carbonyl (C=O) groups is 2. The molecule has 5 atom stereocenters. The molecule has 2 unspecified atom stereocenters. The third-order valence-corrected chi connectivity index (χ3v) is 6.92. The number of benzene rings is 1. The fraction of sp³-hybridized carbons (Fsp3) is 0.692. The zero-order valence-electron chi connectivity index (χ0n) is 21.7. The number of ether oxygens (including phenoxy) is 3. The maximum Gasteiger partial charge on any atom is 0.406 e. The first-order valence-electron chi connectivity index (χ1n) is 13.0. The fourth-order valence-corrected chi connectivity index (χ4v) is 5.21. The van der Waals surface area contributed by atoms with Crippen molar-refractivity contribution < 1.29 is 32.6 Å². The van der Waals surface area contributed by atoms with Crippen molar-refractivity contribution in [3.05, 3.63) is 35.4 Å². The van der Waals surface area contributed by atoms with E-state index in [1.54, 1.807) is 0 Å². The molecule has 0 saturated carbocycles. The fourth-order valence-electron chi connectivity index (χ4n) is 5.21. The van der Waals surface area contributed by atoms with Crippen LogP contribution in [0.25, 0.3) is 0 Å². The summed E-state index contributed by atoms with van der Waals surface area (Å²) < 4.78 is 44.3. The number of halogens is 2. The summed E-state index contributed by atoms with van der Waals surface area (Å²) in [6, 6.07) is 3.30. The maximum atomic E-state index is 14.0. The standard InChI is InChI=1S/C26H40F2N4O5/c1-29-15-23(8-17-4-3-6-36-16-17)32-25(33)20-9-19(13-30-14-20)24(37-7-5-31-26(34)35-2)18-10-21(27)12-22(28)11-18/h10-12,17,19-20,23-24,29-30H,3-9,13-16H2,1-2H3,(H,31,34)(H,32,33)/t17?,19?,20-,23+,24+/m1/s1. The maximum absolute atomic E-state index is 14.0. The highest BCUT2D eigenvalue weighted by molar-refractivity contribution is 5.79. The van der Waals surface area contributed by atoms with E-state index in [9.17, 15) is 18.4 Å². The monoisotopic (exact) mass is 526 g/mol. The second-order valence-electron chi connectivity index (χ2n) is 9.85. The summed E-state index contributed by atoms with van der Waals surface area (Å²) in [5.41, 5.74) is 0.355. The third-order valence-electron chi connectivity index (χ3n) is 6.92. The first kappa shape index (κ1) is 29.2. The summed E-state index contributed by atoms with van der Waals surface area (Å²) in [5.74, 6) is -1.56. The molecule has 0 spiro atoms. The predicted octanol–water partition coefficient (Wildman–Crippen LogP) is 2.13. The SMILES string of the molecule is CNC[C@H](CC1CCCOC1)NC(=O)[C@H]1CNCC([C@@H](OCCNC(=O)OC)c2cc(F)cc(F)c2)C1. The number of nitrogens with one attached hydrogen (secondary N) is 4. The van der Waals surface area contributed by atoms with Gasteiger partial charge in [-0.1, -0.05) is 0 Å². The average Bonchev–Trinajstić information content (AvgIpc) is 2.88. The molecule has 1 aromatic rings. The molecule has 0 aliphatic carbocycles. The Hall–Kier alpha value is -2.34. The molecule has 1 aromatic carbocycles. The zero-order chi connectivity index (χ0) is 26.6. The minimum Gasteiger partial charge on any atom is -0.453 e. The van der Waals surface area contributed by atoms with E-state index < -0.39 is 23.8 Å². The summed E-state index contributed by atoms with van der Waals surface area (Å²) in [5, 5.41) is 12.2. The summed E-state index contributed by atoms with van der Waals surface area (Å²) in [4.78, 5) is 24.6. The number of alkyl carbamates (subject to hydrolysis) is 1. The van der Waals surface area contributed by atoms with Crippen molar-refractivity contribution in [1.82, 2.24) is 21.3 Å². The first-order valence-corrected chi connectivity index (χ1v) is 13.0. The Bertz CT molecular complexity index is 851. The highest BCUT2D eigenvalue weighted by atomic mass is 19.1. The minimum absolute atomic E-state index is 0.0154. The summed E-state index contributed by atoms with van der Waals surface area (Å²) >= 11 is 0. The molecule has 0 aromatic heterocycles. The molecule has 2 aliphatic heterocycles. The van der Waals surface area contributed by atoms with Crippen LogP contribution in [0.3, 0.4) is 0 Å². The predicted molar refractivity (Wildman–Crippen MR) is 134 cm³/mol. The average molecular weight is 527 g/mol. The van der Waals surface area contributed by atoms with Crippen molar-refractivity contribution in [2.75, 3.05) is 60.2 Å². The van der Waals surface area contributed by atoms with Crippen LogP contribution in [-0.2, 0) is 19.0 Å². The Balaban J connectivity index is 1.65. The van der Waals surface area contributed by atoms with Crippen molar-refractivity contribution in [1.29, 1.82) is 0 Å². The van der Waals surface area contributed by atoms with Crippen molar-refractivity contribution in [3.63, 3.8) is 0 Å². The van der Waals surface area contributed by atoms with Gasteiger partial charge < -0.3 is 35.5 Å². The second-order valence-corrected chi connectivity index (χ2v) is 9.85. The molecular formula is C26H40F2N4O5. The van der Waals surface area contributed by atoms with Gasteiger partial charge in [-0.05, 0) is 56.3 Å². The largest absolute Gasteiger partial charge is 0.453 e. The van der Waals surface area contributed by atoms with Crippen LogP contribution in [0.2, 0.25) is 0 Å². The van der Waals surface area contributed by atoms with Crippen LogP contribution < -0.4 is 21.3 Å². The van der Waals surface area contributed by atoms with E-state index in [4.69, 9.17) is 9.47 Å². The molecule has 2 fully saturated rings. The van der Waals surface area contributed by atoms with E-state index in [0.29, 0.717) is 37.5 Å². The normalized spacial score (nSPS) is 23.6. The lowest BCUT2D eigenvalue weighted by Gasteiger charge is -2.36. The van der Waals surface area contributed by atoms with E-state index in [1.807, 2.05) is 7.05 Å². The van der Waals surface area contributed by atoms with Gasteiger partial charge in [-0.15, -0.1) is 0 Å². The summed E-state index contributed by atoms with van der Waals surface area (Å²) in [7, 11) is 3.13. The number of likely N-dealkylation sites (N-methyl/N-ethyl adjacent to an activating group) is 1. The molecule has 2 aliphatic rings. The van der Waals surface area contributed by atoms with Gasteiger partial charge in [-0.3, -0.25) is 4.79 Å². The van der Waals surface area contributed by atoms with E-state index in [2.05, 4.69) is 26.0 Å². The number of amides is 2. The van der Waals surface area contributed by atoms with Crippen LogP contribution in [0.15, 0.2) is 18.2 Å². The molecule has 0 bridgehead atoms. The van der Waals surface area contributed by atoms with Gasteiger partial charge in [-0.2, -0.15) is 0 Å². The molecule has 208 valence electrons. The molecule has 3 rings (SSSR count). The smallest absolute Gasteiger partial charge is 0.406 e. The van der Waals surface area contributed by atoms with E-state index >= 15 is 0 Å². The number of piperidine rings is 1. The van der Waals surface area contributed by atoms with Crippen LogP contribution >= 0.6 is 0 Å². The number of rotatable bonds is 12. The Kier molecular flexibility index (Phi) is 12.0. The highest BCUT2D eigenvalue weighted by Crippen LogP contribution is 2.33. The van der Waals surface area contributed by atoms with Crippen LogP contribution in [0, 0.1) is 29.4 Å². The number of carbonyl (C=O) groups excluding carboxylic acids is 2. The van der Waals surface area contributed by atoms with Crippen LogP contribution in [-0.4, -0.2) is 78.2 Å². The van der Waals surface area contributed by atoms with Gasteiger partial charge in [0.2, 0.25) is 5.91 Å². The van der Waals surface area contributed by atoms with Gasteiger partial charge in [0.1, 0.15) is 11.6 Å². The Morgan fingerprint density at radius 1 is 1.22 bits per heavy atom. The quantitative estimate of drug-likeness (QED) is 0.309. The Labute approximate surface area is 217 Å². The van der Waals surface area contributed by atoms with Gasteiger partial charge in [0.05, 0.1) is 25.7 Å². The van der Waals surface area contributed by atoms with E-state index in [0.717, 1.165) is 38.5 Å². The van der Waals surface area contributed by atoms with Crippen LogP contribution in [0.5, 0.6) is 0 Å². The van der Waals surface area contributed by atoms with Crippen molar-refractivity contribution in [3.8, 4) is 0 Å². The number of hydrogen-bond acceptors (Lipinski definition) is 7. The topological polar surface area (TPSA) is 110 Å². The number of hydrogen-bond donors (Lipinski definition) is 4. The van der Waals surface area contributed by atoms with Gasteiger partial charge >= 0.3 is 6.09 Å². The molecule has 0 radical (unpaired) electrons. The lowest BCUT2D eigenvalue weighted by Crippen LogP contribution is -2.50. The molecule has 2 heterocycles. The van der Waals surface area contributed by atoms with Crippen molar-refractivity contribution in [2.24, 2.45) is 17.8 Å². The van der Waals surface area contributed by atoms with Crippen LogP contribution in [0.1, 0.15) is 37.4 Å². The third kappa shape index (κ3) is 9.48. The van der Waals surface area contributed by atoms with Gasteiger partial charge in [0.25, 0.3) is 0 Å². The number of methoxy groups -OCH3 is 1. The Morgan fingerprint density at radius 3 is 2.68 bits per heavy atom. The van der Waals surface area contributed by atoms with E-state index in [-0.39, 0.29) is 36.9 Å². The molecule has 37 heavy (non-hydrogen) atoms. The van der Waals surface area contributed by atoms with Crippen LogP contribution in [0.4, 0.5) is 13.6 Å². The van der Waals surface area contributed by atoms with Gasteiger partial charge in [0.15, 0.2) is 0 Å². The molecule has 11 heteroatoms. The van der Waals surface area contributed by atoms with Crippen molar-refractivity contribution >= 4 is 12.0 Å².